The third-order valence-electron chi connectivity index (χ3n) is 3.04. The van der Waals surface area contributed by atoms with Crippen molar-refractivity contribution in [2.45, 2.75) is 33.3 Å². The Morgan fingerprint density at radius 2 is 2.11 bits per heavy atom. The number of rotatable bonds is 4. The van der Waals surface area contributed by atoms with Crippen LogP contribution in [0.3, 0.4) is 0 Å². The van der Waals surface area contributed by atoms with Gasteiger partial charge in [-0.05, 0) is 30.0 Å². The summed E-state index contributed by atoms with van der Waals surface area (Å²) in [5.74, 6) is 2.25. The van der Waals surface area contributed by atoms with Crippen LogP contribution < -0.4 is 4.74 Å². The summed E-state index contributed by atoms with van der Waals surface area (Å²) in [4.78, 5) is 4.14. The Labute approximate surface area is 108 Å². The molecule has 0 bridgehead atoms. The van der Waals surface area contributed by atoms with Crippen LogP contribution >= 0.6 is 0 Å². The first-order chi connectivity index (χ1) is 8.58. The molecule has 0 aliphatic heterocycles. The van der Waals surface area contributed by atoms with Crippen LogP contribution in [0.15, 0.2) is 24.5 Å². The number of benzene rings is 1. The van der Waals surface area contributed by atoms with Gasteiger partial charge in [-0.1, -0.05) is 26.0 Å². The molecule has 0 aliphatic rings. The van der Waals surface area contributed by atoms with Crippen molar-refractivity contribution in [3.8, 4) is 5.75 Å². The standard InChI is InChI=1S/C14H19N3O/c1-10(2)12-6-5-11(3)13(7-12)18-8-14-15-9-16-17(14)4/h5-7,9-10H,8H2,1-4H3. The molecule has 2 rings (SSSR count). The van der Waals surface area contributed by atoms with E-state index in [0.29, 0.717) is 12.5 Å². The van der Waals surface area contributed by atoms with Crippen LogP contribution in [0.5, 0.6) is 5.75 Å². The molecule has 0 aliphatic carbocycles. The van der Waals surface area contributed by atoms with E-state index in [9.17, 15) is 0 Å². The van der Waals surface area contributed by atoms with Gasteiger partial charge in [-0.25, -0.2) is 4.98 Å². The van der Waals surface area contributed by atoms with Crippen LogP contribution in [0, 0.1) is 6.92 Å². The molecule has 4 heteroatoms. The predicted octanol–water partition coefficient (Wildman–Crippen LogP) is 2.83. The molecule has 4 nitrogen and oxygen atoms in total. The fourth-order valence-corrected chi connectivity index (χ4v) is 1.72. The second kappa shape index (κ2) is 5.21. The highest BCUT2D eigenvalue weighted by atomic mass is 16.5. The fraction of sp³-hybridized carbons (Fsp3) is 0.429. The molecule has 0 saturated carbocycles. The van der Waals surface area contributed by atoms with Gasteiger partial charge in [0.25, 0.3) is 0 Å². The van der Waals surface area contributed by atoms with Crippen LogP contribution in [0.1, 0.15) is 36.7 Å². The molecule has 96 valence electrons. The first-order valence-corrected chi connectivity index (χ1v) is 6.14. The Bertz CT molecular complexity index is 532. The van der Waals surface area contributed by atoms with Gasteiger partial charge in [0.2, 0.25) is 0 Å². The van der Waals surface area contributed by atoms with E-state index in [0.717, 1.165) is 17.1 Å². The molecule has 2 aromatic rings. The first-order valence-electron chi connectivity index (χ1n) is 6.14. The minimum absolute atomic E-state index is 0.443. The quantitative estimate of drug-likeness (QED) is 0.831. The molecule has 1 aromatic carbocycles. The highest BCUT2D eigenvalue weighted by Gasteiger charge is 2.07. The van der Waals surface area contributed by atoms with Gasteiger partial charge >= 0.3 is 0 Å². The second-order valence-corrected chi connectivity index (χ2v) is 4.77. The molecule has 0 unspecified atom stereocenters. The largest absolute Gasteiger partial charge is 0.485 e. The molecule has 0 radical (unpaired) electrons. The Morgan fingerprint density at radius 3 is 2.72 bits per heavy atom. The topological polar surface area (TPSA) is 39.9 Å². The van der Waals surface area contributed by atoms with Gasteiger partial charge in [-0.3, -0.25) is 4.68 Å². The van der Waals surface area contributed by atoms with E-state index >= 15 is 0 Å². The lowest BCUT2D eigenvalue weighted by Crippen LogP contribution is -2.05. The van der Waals surface area contributed by atoms with E-state index in [1.165, 1.54) is 11.9 Å². The van der Waals surface area contributed by atoms with Crippen LogP contribution in [0.4, 0.5) is 0 Å². The number of hydrogen-bond donors (Lipinski definition) is 0. The minimum atomic E-state index is 0.443. The van der Waals surface area contributed by atoms with Crippen LogP contribution in [0.25, 0.3) is 0 Å². The zero-order valence-electron chi connectivity index (χ0n) is 11.3. The maximum absolute atomic E-state index is 5.83. The highest BCUT2D eigenvalue weighted by molar-refractivity contribution is 5.37. The summed E-state index contributed by atoms with van der Waals surface area (Å²) in [5, 5.41) is 4.02. The molecule has 0 fully saturated rings. The minimum Gasteiger partial charge on any atom is -0.485 e. The molecule has 1 heterocycles. The van der Waals surface area contributed by atoms with Crippen molar-refractivity contribution in [3.05, 3.63) is 41.5 Å². The Hall–Kier alpha value is -1.84. The van der Waals surface area contributed by atoms with Crippen LogP contribution in [-0.4, -0.2) is 14.8 Å². The van der Waals surface area contributed by atoms with Crippen LogP contribution in [0.2, 0.25) is 0 Å². The maximum Gasteiger partial charge on any atom is 0.164 e. The van der Waals surface area contributed by atoms with Gasteiger partial charge in [0, 0.05) is 7.05 Å². The molecule has 0 N–H and O–H groups in total. The molecule has 18 heavy (non-hydrogen) atoms. The van der Waals surface area contributed by atoms with Gasteiger partial charge in [0.1, 0.15) is 18.7 Å². The molecule has 0 amide bonds. The molecular weight excluding hydrogens is 226 g/mol. The lowest BCUT2D eigenvalue weighted by molar-refractivity contribution is 0.287. The molecule has 1 aromatic heterocycles. The zero-order valence-corrected chi connectivity index (χ0v) is 11.3. The van der Waals surface area contributed by atoms with Crippen LogP contribution in [-0.2, 0) is 13.7 Å². The third kappa shape index (κ3) is 2.70. The van der Waals surface area contributed by atoms with Crippen molar-refractivity contribution in [3.63, 3.8) is 0 Å². The van der Waals surface area contributed by atoms with Gasteiger partial charge in [0.05, 0.1) is 0 Å². The van der Waals surface area contributed by atoms with Gasteiger partial charge in [-0.15, -0.1) is 0 Å². The summed E-state index contributed by atoms with van der Waals surface area (Å²) < 4.78 is 7.55. The van der Waals surface area contributed by atoms with Gasteiger partial charge < -0.3 is 4.74 Å². The van der Waals surface area contributed by atoms with Crippen molar-refractivity contribution in [1.82, 2.24) is 14.8 Å². The maximum atomic E-state index is 5.83. The molecule has 0 saturated heterocycles. The van der Waals surface area contributed by atoms with Crippen molar-refractivity contribution in [2.75, 3.05) is 0 Å². The summed E-state index contributed by atoms with van der Waals surface area (Å²) in [6.07, 6.45) is 1.54. The molecular formula is C14H19N3O. The summed E-state index contributed by atoms with van der Waals surface area (Å²) >= 11 is 0. The van der Waals surface area contributed by atoms with E-state index in [1.807, 2.05) is 7.05 Å². The summed E-state index contributed by atoms with van der Waals surface area (Å²) in [6, 6.07) is 6.35. The second-order valence-electron chi connectivity index (χ2n) is 4.77. The highest BCUT2D eigenvalue weighted by Crippen LogP contribution is 2.24. The Morgan fingerprint density at radius 1 is 1.33 bits per heavy atom. The number of nitrogens with zero attached hydrogens (tertiary/aromatic N) is 3. The van der Waals surface area contributed by atoms with Crippen molar-refractivity contribution in [1.29, 1.82) is 0 Å². The van der Waals surface area contributed by atoms with Crippen molar-refractivity contribution in [2.24, 2.45) is 7.05 Å². The molecule has 0 spiro atoms. The van der Waals surface area contributed by atoms with Gasteiger partial charge in [0.15, 0.2) is 5.82 Å². The first kappa shape index (κ1) is 12.6. The predicted molar refractivity (Wildman–Crippen MR) is 70.6 cm³/mol. The zero-order chi connectivity index (χ0) is 13.1. The smallest absolute Gasteiger partial charge is 0.164 e. The SMILES string of the molecule is Cc1ccc(C(C)C)cc1OCc1ncnn1C. The van der Waals surface area contributed by atoms with E-state index < -0.39 is 0 Å². The number of aromatic nitrogens is 3. The number of aryl methyl sites for hydroxylation is 2. The van der Waals surface area contributed by atoms with E-state index in [-0.39, 0.29) is 0 Å². The normalized spacial score (nSPS) is 10.9. The third-order valence-corrected chi connectivity index (χ3v) is 3.04. The fourth-order valence-electron chi connectivity index (χ4n) is 1.72. The van der Waals surface area contributed by atoms with E-state index in [4.69, 9.17) is 4.74 Å². The Balaban J connectivity index is 2.13. The average molecular weight is 245 g/mol. The summed E-state index contributed by atoms with van der Waals surface area (Å²) in [5.41, 5.74) is 2.43. The van der Waals surface area contributed by atoms with Gasteiger partial charge in [-0.2, -0.15) is 5.10 Å². The Kier molecular flexibility index (Phi) is 3.65. The van der Waals surface area contributed by atoms with Crippen molar-refractivity contribution < 1.29 is 4.74 Å². The lowest BCUT2D eigenvalue weighted by atomic mass is 10.0. The summed E-state index contributed by atoms with van der Waals surface area (Å²) in [7, 11) is 1.86. The lowest BCUT2D eigenvalue weighted by Gasteiger charge is -2.12. The number of ether oxygens (including phenoxy) is 1. The van der Waals surface area contributed by atoms with E-state index in [1.54, 1.807) is 4.68 Å². The monoisotopic (exact) mass is 245 g/mol. The average Bonchev–Trinajstić information content (AvgIpc) is 2.73. The molecule has 0 atom stereocenters. The van der Waals surface area contributed by atoms with E-state index in [2.05, 4.69) is 49.1 Å². The van der Waals surface area contributed by atoms with Crippen molar-refractivity contribution >= 4 is 0 Å². The number of hydrogen-bond acceptors (Lipinski definition) is 3. The summed E-state index contributed by atoms with van der Waals surface area (Å²) in [6.45, 7) is 6.85.